The van der Waals surface area contributed by atoms with Crippen molar-refractivity contribution >= 4 is 22.9 Å². The van der Waals surface area contributed by atoms with Crippen LogP contribution in [0.3, 0.4) is 0 Å². The largest absolute Gasteiger partial charge is 0.459 e. The highest BCUT2D eigenvalue weighted by Gasteiger charge is 2.25. The van der Waals surface area contributed by atoms with Crippen LogP contribution < -0.4 is 16.0 Å². The molecule has 1 aromatic heterocycles. The van der Waals surface area contributed by atoms with Crippen LogP contribution in [0.4, 0.5) is 9.18 Å². The number of urea groups is 1. The molecule has 3 aromatic rings. The summed E-state index contributed by atoms with van der Waals surface area (Å²) in [4.78, 5) is 23.7. The lowest BCUT2D eigenvalue weighted by atomic mass is 10.0. The summed E-state index contributed by atoms with van der Waals surface area (Å²) >= 11 is 0. The van der Waals surface area contributed by atoms with E-state index in [1.54, 1.807) is 6.07 Å². The van der Waals surface area contributed by atoms with Crippen LogP contribution in [0.1, 0.15) is 12.2 Å². The average molecular weight is 367 g/mol. The number of halogens is 1. The zero-order chi connectivity index (χ0) is 18.8. The highest BCUT2D eigenvalue weighted by atomic mass is 19.1. The second-order valence-corrected chi connectivity index (χ2v) is 6.37. The summed E-state index contributed by atoms with van der Waals surface area (Å²) in [6.45, 7) is 0.664. The molecule has 0 radical (unpaired) electrons. The average Bonchev–Trinajstić information content (AvgIpc) is 3.23. The minimum atomic E-state index is -0.525. The third kappa shape index (κ3) is 3.48. The number of hydrogen-bond donors (Lipinski definition) is 3. The Morgan fingerprint density at radius 1 is 1.22 bits per heavy atom. The molecule has 1 aliphatic rings. The molecule has 27 heavy (non-hydrogen) atoms. The predicted octanol–water partition coefficient (Wildman–Crippen LogP) is 2.93. The van der Waals surface area contributed by atoms with E-state index in [1.165, 1.54) is 12.1 Å². The van der Waals surface area contributed by atoms with Gasteiger partial charge in [0.2, 0.25) is 5.91 Å². The number of hydrogen-bond acceptors (Lipinski definition) is 3. The molecule has 3 amide bonds. The molecule has 7 heteroatoms. The molecule has 138 valence electrons. The molecule has 2 aromatic carbocycles. The predicted molar refractivity (Wildman–Crippen MR) is 98.4 cm³/mol. The van der Waals surface area contributed by atoms with Crippen molar-refractivity contribution in [3.05, 3.63) is 60.1 Å². The summed E-state index contributed by atoms with van der Waals surface area (Å²) in [5.41, 5.74) is 2.15. The molecule has 0 bridgehead atoms. The third-order valence-corrected chi connectivity index (χ3v) is 4.55. The number of fused-ring (bicyclic) bond motifs is 1. The van der Waals surface area contributed by atoms with Crippen LogP contribution in [0, 0.1) is 5.82 Å². The molecule has 1 saturated heterocycles. The lowest BCUT2D eigenvalue weighted by Crippen LogP contribution is -2.45. The van der Waals surface area contributed by atoms with Gasteiger partial charge in [0.25, 0.3) is 0 Å². The summed E-state index contributed by atoms with van der Waals surface area (Å²) in [6.07, 6.45) is 0.561. The van der Waals surface area contributed by atoms with Crippen molar-refractivity contribution in [2.45, 2.75) is 19.0 Å². The number of nitrogens with one attached hydrogen (secondary N) is 3. The van der Waals surface area contributed by atoms with Crippen molar-refractivity contribution in [1.82, 2.24) is 16.0 Å². The Morgan fingerprint density at radius 2 is 2.04 bits per heavy atom. The SMILES string of the molecule is O=C(NCc1oc2ccc(F)cc2c1-c1ccccc1)NC1CCNC1=O. The number of rotatable bonds is 4. The summed E-state index contributed by atoms with van der Waals surface area (Å²) in [6, 6.07) is 12.8. The molecule has 0 saturated carbocycles. The third-order valence-electron chi connectivity index (χ3n) is 4.55. The van der Waals surface area contributed by atoms with Gasteiger partial charge in [-0.2, -0.15) is 0 Å². The molecule has 0 aliphatic carbocycles. The van der Waals surface area contributed by atoms with Gasteiger partial charge in [-0.25, -0.2) is 9.18 Å². The Morgan fingerprint density at radius 3 is 2.78 bits per heavy atom. The molecule has 3 N–H and O–H groups in total. The highest BCUT2D eigenvalue weighted by Crippen LogP contribution is 2.35. The molecule has 1 unspecified atom stereocenters. The monoisotopic (exact) mass is 367 g/mol. The fourth-order valence-corrected chi connectivity index (χ4v) is 3.27. The van der Waals surface area contributed by atoms with Crippen LogP contribution in [0.5, 0.6) is 0 Å². The minimum Gasteiger partial charge on any atom is -0.459 e. The molecular formula is C20H18FN3O3. The number of furan rings is 1. The molecule has 0 spiro atoms. The number of carbonyl (C=O) groups is 2. The zero-order valence-electron chi connectivity index (χ0n) is 14.4. The van der Waals surface area contributed by atoms with Crippen molar-refractivity contribution in [3.8, 4) is 11.1 Å². The first kappa shape index (κ1) is 17.1. The van der Waals surface area contributed by atoms with Gasteiger partial charge in [-0.3, -0.25) is 4.79 Å². The maximum absolute atomic E-state index is 13.8. The standard InChI is InChI=1S/C20H18FN3O3/c21-13-6-7-16-14(10-13)18(12-4-2-1-3-5-12)17(27-16)11-23-20(26)24-15-8-9-22-19(15)25/h1-7,10,15H,8-9,11H2,(H,22,25)(H2,23,24,26). The van der Waals surface area contributed by atoms with Crippen LogP contribution >= 0.6 is 0 Å². The molecule has 1 atom stereocenters. The summed E-state index contributed by atoms with van der Waals surface area (Å²) in [5, 5.41) is 8.67. The van der Waals surface area contributed by atoms with Crippen molar-refractivity contribution in [3.63, 3.8) is 0 Å². The summed E-state index contributed by atoms with van der Waals surface area (Å²) < 4.78 is 19.6. The molecule has 6 nitrogen and oxygen atoms in total. The fourth-order valence-electron chi connectivity index (χ4n) is 3.27. The number of amides is 3. The van der Waals surface area contributed by atoms with Crippen LogP contribution in [0.15, 0.2) is 52.9 Å². The maximum atomic E-state index is 13.8. The Kier molecular flexibility index (Phi) is 4.50. The number of carbonyl (C=O) groups excluding carboxylic acids is 2. The van der Waals surface area contributed by atoms with Gasteiger partial charge in [-0.15, -0.1) is 0 Å². The van der Waals surface area contributed by atoms with Crippen LogP contribution in [-0.4, -0.2) is 24.5 Å². The van der Waals surface area contributed by atoms with Crippen LogP contribution in [-0.2, 0) is 11.3 Å². The highest BCUT2D eigenvalue weighted by molar-refractivity contribution is 5.96. The smallest absolute Gasteiger partial charge is 0.315 e. The molecular weight excluding hydrogens is 349 g/mol. The van der Waals surface area contributed by atoms with E-state index < -0.39 is 12.1 Å². The Balaban J connectivity index is 1.59. The van der Waals surface area contributed by atoms with Crippen LogP contribution in [0.2, 0.25) is 0 Å². The fraction of sp³-hybridized carbons (Fsp3) is 0.200. The lowest BCUT2D eigenvalue weighted by molar-refractivity contribution is -0.120. The Labute approximate surface area is 154 Å². The van der Waals surface area contributed by atoms with Crippen molar-refractivity contribution in [1.29, 1.82) is 0 Å². The summed E-state index contributed by atoms with van der Waals surface area (Å²) in [5.74, 6) is -0.0212. The minimum absolute atomic E-state index is 0.112. The van der Waals surface area contributed by atoms with E-state index >= 15 is 0 Å². The van der Waals surface area contributed by atoms with E-state index in [9.17, 15) is 14.0 Å². The first-order valence-electron chi connectivity index (χ1n) is 8.70. The van der Waals surface area contributed by atoms with Gasteiger partial charge in [-0.05, 0) is 30.2 Å². The van der Waals surface area contributed by atoms with Gasteiger partial charge in [0.05, 0.1) is 6.54 Å². The van der Waals surface area contributed by atoms with Gasteiger partial charge < -0.3 is 20.4 Å². The van der Waals surface area contributed by atoms with E-state index in [2.05, 4.69) is 16.0 Å². The van der Waals surface area contributed by atoms with Crippen molar-refractivity contribution in [2.24, 2.45) is 0 Å². The van der Waals surface area contributed by atoms with E-state index in [0.717, 1.165) is 11.1 Å². The lowest BCUT2D eigenvalue weighted by Gasteiger charge is -2.11. The zero-order valence-corrected chi connectivity index (χ0v) is 14.4. The Hall–Kier alpha value is -3.35. The second-order valence-electron chi connectivity index (χ2n) is 6.37. The molecule has 1 aliphatic heterocycles. The van der Waals surface area contributed by atoms with E-state index in [1.807, 2.05) is 30.3 Å². The molecule has 2 heterocycles. The topological polar surface area (TPSA) is 83.4 Å². The van der Waals surface area contributed by atoms with E-state index in [-0.39, 0.29) is 18.3 Å². The van der Waals surface area contributed by atoms with Gasteiger partial charge in [0.1, 0.15) is 23.2 Å². The van der Waals surface area contributed by atoms with Gasteiger partial charge in [0, 0.05) is 17.5 Å². The summed E-state index contributed by atoms with van der Waals surface area (Å²) in [7, 11) is 0. The van der Waals surface area contributed by atoms with Crippen molar-refractivity contribution < 1.29 is 18.4 Å². The maximum Gasteiger partial charge on any atom is 0.315 e. The van der Waals surface area contributed by atoms with Crippen molar-refractivity contribution in [2.75, 3.05) is 6.54 Å². The molecule has 4 rings (SSSR count). The van der Waals surface area contributed by atoms with E-state index in [0.29, 0.717) is 29.7 Å². The van der Waals surface area contributed by atoms with Gasteiger partial charge >= 0.3 is 6.03 Å². The Bertz CT molecular complexity index is 1000. The second kappa shape index (κ2) is 7.11. The van der Waals surface area contributed by atoms with E-state index in [4.69, 9.17) is 4.42 Å². The normalized spacial score (nSPS) is 16.3. The quantitative estimate of drug-likeness (QED) is 0.663. The first-order chi connectivity index (χ1) is 13.1. The van der Waals surface area contributed by atoms with Gasteiger partial charge in [-0.1, -0.05) is 30.3 Å². The first-order valence-corrected chi connectivity index (χ1v) is 8.70. The van der Waals surface area contributed by atoms with Crippen LogP contribution in [0.25, 0.3) is 22.1 Å². The van der Waals surface area contributed by atoms with Gasteiger partial charge in [0.15, 0.2) is 0 Å². The number of benzene rings is 2. The molecule has 1 fully saturated rings.